The number of anilines is 1. The van der Waals surface area contributed by atoms with Crippen LogP contribution in [0.15, 0.2) is 53.7 Å². The Bertz CT molecular complexity index is 1290. The Balaban J connectivity index is 1.93. The fraction of sp³-hybridized carbons (Fsp3) is 0.357. The molecule has 202 valence electrons. The number of methoxy groups -OCH3 is 2. The van der Waals surface area contributed by atoms with Crippen molar-refractivity contribution < 1.29 is 23.5 Å². The van der Waals surface area contributed by atoms with Crippen molar-refractivity contribution in [2.24, 2.45) is 0 Å². The zero-order valence-corrected chi connectivity index (χ0v) is 23.3. The molecule has 38 heavy (non-hydrogen) atoms. The van der Waals surface area contributed by atoms with E-state index in [1.54, 1.807) is 43.3 Å². The van der Waals surface area contributed by atoms with E-state index in [2.05, 4.69) is 15.3 Å². The molecule has 0 saturated carbocycles. The predicted octanol–water partition coefficient (Wildman–Crippen LogP) is 5.18. The maximum Gasteiger partial charge on any atom is 0.250 e. The number of carbonyl (C=O) groups excluding carboxylic acids is 2. The largest absolute Gasteiger partial charge is 0.497 e. The van der Waals surface area contributed by atoms with E-state index in [-0.39, 0.29) is 24.6 Å². The SMILES string of the molecule is CCC(C)(C(=O)Nc1ccc(OC)cc1OC)N(Cc1ccccc1F)C(=O)CSc1nc(C)cc(C)n1. The van der Waals surface area contributed by atoms with Crippen LogP contribution in [0.5, 0.6) is 11.5 Å². The van der Waals surface area contributed by atoms with Gasteiger partial charge in [-0.2, -0.15) is 0 Å². The van der Waals surface area contributed by atoms with Crippen LogP contribution in [0.25, 0.3) is 0 Å². The molecule has 8 nitrogen and oxygen atoms in total. The second-order valence-electron chi connectivity index (χ2n) is 8.94. The minimum Gasteiger partial charge on any atom is -0.497 e. The maximum atomic E-state index is 14.7. The quantitative estimate of drug-likeness (QED) is 0.265. The summed E-state index contributed by atoms with van der Waals surface area (Å²) in [4.78, 5) is 37.6. The van der Waals surface area contributed by atoms with E-state index < -0.39 is 17.3 Å². The number of halogens is 1. The number of aromatic nitrogens is 2. The smallest absolute Gasteiger partial charge is 0.250 e. The maximum absolute atomic E-state index is 14.7. The third-order valence-corrected chi connectivity index (χ3v) is 7.14. The molecule has 0 fully saturated rings. The Morgan fingerprint density at radius 2 is 1.74 bits per heavy atom. The zero-order valence-electron chi connectivity index (χ0n) is 22.5. The summed E-state index contributed by atoms with van der Waals surface area (Å²) in [5.74, 6) is -0.272. The van der Waals surface area contributed by atoms with Gasteiger partial charge < -0.3 is 19.7 Å². The molecule has 0 saturated heterocycles. The summed E-state index contributed by atoms with van der Waals surface area (Å²) >= 11 is 1.18. The Labute approximate surface area is 227 Å². The van der Waals surface area contributed by atoms with Crippen molar-refractivity contribution in [1.29, 1.82) is 0 Å². The molecule has 2 aromatic carbocycles. The number of thioether (sulfide) groups is 1. The van der Waals surface area contributed by atoms with E-state index in [1.807, 2.05) is 26.8 Å². The van der Waals surface area contributed by atoms with Gasteiger partial charge in [0, 0.05) is 29.6 Å². The molecule has 1 aromatic heterocycles. The molecule has 1 unspecified atom stereocenters. The average Bonchev–Trinajstić information content (AvgIpc) is 2.90. The summed E-state index contributed by atoms with van der Waals surface area (Å²) in [6.07, 6.45) is 0.280. The van der Waals surface area contributed by atoms with Crippen LogP contribution >= 0.6 is 11.8 Å². The van der Waals surface area contributed by atoms with Crippen LogP contribution in [0.3, 0.4) is 0 Å². The van der Waals surface area contributed by atoms with E-state index >= 15 is 0 Å². The molecule has 1 N–H and O–H groups in total. The minimum atomic E-state index is -1.31. The first-order valence-corrected chi connectivity index (χ1v) is 13.1. The summed E-state index contributed by atoms with van der Waals surface area (Å²) in [5, 5.41) is 3.36. The van der Waals surface area contributed by atoms with Gasteiger partial charge in [-0.1, -0.05) is 36.9 Å². The molecule has 0 radical (unpaired) electrons. The van der Waals surface area contributed by atoms with Crippen molar-refractivity contribution in [3.63, 3.8) is 0 Å². The second kappa shape index (κ2) is 12.7. The number of rotatable bonds is 11. The third kappa shape index (κ3) is 6.80. The van der Waals surface area contributed by atoms with Crippen LogP contribution in [0.2, 0.25) is 0 Å². The van der Waals surface area contributed by atoms with Gasteiger partial charge in [-0.25, -0.2) is 14.4 Å². The molecule has 3 rings (SSSR count). The topological polar surface area (TPSA) is 93.7 Å². The van der Waals surface area contributed by atoms with Gasteiger partial charge in [0.05, 0.1) is 25.7 Å². The van der Waals surface area contributed by atoms with Crippen LogP contribution in [0.1, 0.15) is 37.2 Å². The van der Waals surface area contributed by atoms with Gasteiger partial charge in [0.15, 0.2) is 5.16 Å². The highest BCUT2D eigenvalue weighted by atomic mass is 32.2. The van der Waals surface area contributed by atoms with Gasteiger partial charge in [0.1, 0.15) is 22.9 Å². The van der Waals surface area contributed by atoms with Gasteiger partial charge in [-0.05, 0) is 51.5 Å². The number of amides is 2. The van der Waals surface area contributed by atoms with Crippen molar-refractivity contribution in [1.82, 2.24) is 14.9 Å². The summed E-state index contributed by atoms with van der Waals surface area (Å²) in [7, 11) is 3.03. The number of carbonyl (C=O) groups is 2. The molecule has 1 atom stereocenters. The summed E-state index contributed by atoms with van der Waals surface area (Å²) in [6.45, 7) is 7.12. The van der Waals surface area contributed by atoms with Crippen molar-refractivity contribution in [3.8, 4) is 11.5 Å². The third-order valence-electron chi connectivity index (χ3n) is 6.30. The standard InChI is InChI=1S/C28H33FN4O4S/c1-7-28(4,26(35)32-23-13-12-21(36-5)15-24(23)37-6)33(16-20-10-8-9-11-22(20)29)25(34)17-38-27-30-18(2)14-19(3)31-27/h8-15H,7,16-17H2,1-6H3,(H,32,35). The minimum absolute atomic E-state index is 0.0218. The summed E-state index contributed by atoms with van der Waals surface area (Å²) in [5.41, 5.74) is 1.01. The first-order chi connectivity index (χ1) is 18.1. The molecule has 0 spiro atoms. The molecule has 0 aliphatic rings. The molecule has 0 bridgehead atoms. The summed E-state index contributed by atoms with van der Waals surface area (Å²) in [6, 6.07) is 13.1. The summed E-state index contributed by atoms with van der Waals surface area (Å²) < 4.78 is 25.3. The lowest BCUT2D eigenvalue weighted by atomic mass is 9.93. The van der Waals surface area contributed by atoms with Gasteiger partial charge in [-0.3, -0.25) is 9.59 Å². The normalized spacial score (nSPS) is 12.4. The highest BCUT2D eigenvalue weighted by Crippen LogP contribution is 2.32. The van der Waals surface area contributed by atoms with Gasteiger partial charge in [0.25, 0.3) is 0 Å². The number of aryl methyl sites for hydroxylation is 2. The van der Waals surface area contributed by atoms with Crippen LogP contribution < -0.4 is 14.8 Å². The first-order valence-electron chi connectivity index (χ1n) is 12.1. The fourth-order valence-corrected chi connectivity index (χ4v) is 4.76. The van der Waals surface area contributed by atoms with Gasteiger partial charge in [-0.15, -0.1) is 0 Å². The molecule has 1 heterocycles. The van der Waals surface area contributed by atoms with E-state index in [0.29, 0.717) is 27.9 Å². The predicted molar refractivity (Wildman–Crippen MR) is 146 cm³/mol. The molecule has 0 aliphatic heterocycles. The van der Waals surface area contributed by atoms with E-state index in [9.17, 15) is 14.0 Å². The molecule has 3 aromatic rings. The van der Waals surface area contributed by atoms with Crippen molar-refractivity contribution in [2.75, 3.05) is 25.3 Å². The number of ether oxygens (including phenoxy) is 2. The average molecular weight is 541 g/mol. The molecular formula is C28H33FN4O4S. The number of hydrogen-bond donors (Lipinski definition) is 1. The lowest BCUT2D eigenvalue weighted by molar-refractivity contribution is -0.143. The Morgan fingerprint density at radius 1 is 1.05 bits per heavy atom. The number of benzene rings is 2. The Morgan fingerprint density at radius 3 is 2.34 bits per heavy atom. The fourth-order valence-electron chi connectivity index (χ4n) is 3.93. The Kier molecular flexibility index (Phi) is 9.68. The molecule has 2 amide bonds. The molecular weight excluding hydrogens is 507 g/mol. The van der Waals surface area contributed by atoms with Gasteiger partial charge in [0.2, 0.25) is 11.8 Å². The zero-order chi connectivity index (χ0) is 27.9. The van der Waals surface area contributed by atoms with Crippen LogP contribution in [-0.2, 0) is 16.1 Å². The van der Waals surface area contributed by atoms with Crippen molar-refractivity contribution in [2.45, 2.75) is 51.4 Å². The van der Waals surface area contributed by atoms with E-state index in [4.69, 9.17) is 9.47 Å². The molecule has 0 aliphatic carbocycles. The Hall–Kier alpha value is -3.66. The highest BCUT2D eigenvalue weighted by molar-refractivity contribution is 7.99. The van der Waals surface area contributed by atoms with Crippen LogP contribution in [0, 0.1) is 19.7 Å². The lowest BCUT2D eigenvalue weighted by Crippen LogP contribution is -2.57. The second-order valence-corrected chi connectivity index (χ2v) is 9.88. The van der Waals surface area contributed by atoms with Crippen molar-refractivity contribution in [3.05, 3.63) is 71.3 Å². The monoisotopic (exact) mass is 540 g/mol. The first kappa shape index (κ1) is 28.9. The van der Waals surface area contributed by atoms with E-state index in [0.717, 1.165) is 11.4 Å². The van der Waals surface area contributed by atoms with Crippen LogP contribution in [0.4, 0.5) is 10.1 Å². The lowest BCUT2D eigenvalue weighted by Gasteiger charge is -2.39. The van der Waals surface area contributed by atoms with Crippen molar-refractivity contribution >= 4 is 29.3 Å². The number of nitrogens with one attached hydrogen (secondary N) is 1. The number of hydrogen-bond acceptors (Lipinski definition) is 7. The number of nitrogens with zero attached hydrogens (tertiary/aromatic N) is 3. The van der Waals surface area contributed by atoms with Gasteiger partial charge >= 0.3 is 0 Å². The molecule has 10 heteroatoms. The highest BCUT2D eigenvalue weighted by Gasteiger charge is 2.41. The van der Waals surface area contributed by atoms with Crippen LogP contribution in [-0.4, -0.2) is 52.2 Å². The van der Waals surface area contributed by atoms with E-state index in [1.165, 1.54) is 36.9 Å².